The Kier molecular flexibility index (Phi) is 5.54. The monoisotopic (exact) mass is 343 g/mol. The molecule has 110 valence electrons. The van der Waals surface area contributed by atoms with Crippen molar-refractivity contribution in [2.24, 2.45) is 0 Å². The molecule has 2 rings (SSSR count). The van der Waals surface area contributed by atoms with E-state index in [1.54, 1.807) is 6.07 Å². The average molecular weight is 344 g/mol. The normalized spacial score (nSPS) is 10.3. The van der Waals surface area contributed by atoms with Gasteiger partial charge in [-0.25, -0.2) is 14.8 Å². The van der Waals surface area contributed by atoms with E-state index in [0.29, 0.717) is 10.1 Å². The number of aromatic nitrogens is 2. The Morgan fingerprint density at radius 2 is 2.10 bits per heavy atom. The lowest BCUT2D eigenvalue weighted by atomic mass is 10.4. The number of carboxylic acids is 1. The van der Waals surface area contributed by atoms with Crippen molar-refractivity contribution < 1.29 is 14.7 Å². The van der Waals surface area contributed by atoms with Crippen molar-refractivity contribution in [1.82, 2.24) is 9.97 Å². The van der Waals surface area contributed by atoms with Gasteiger partial charge in [0.2, 0.25) is 5.91 Å². The molecule has 0 atom stereocenters. The fourth-order valence-electron chi connectivity index (χ4n) is 1.43. The van der Waals surface area contributed by atoms with Gasteiger partial charge in [0, 0.05) is 23.0 Å². The molecule has 1 amide bonds. The maximum atomic E-state index is 11.8. The second-order valence-corrected chi connectivity index (χ2v) is 6.59. The van der Waals surface area contributed by atoms with Crippen LogP contribution in [0, 0.1) is 0 Å². The van der Waals surface area contributed by atoms with Gasteiger partial charge in [-0.1, -0.05) is 11.6 Å². The summed E-state index contributed by atoms with van der Waals surface area (Å²) in [6.45, 7) is 0. The van der Waals surface area contributed by atoms with Crippen molar-refractivity contribution in [2.45, 2.75) is 5.75 Å². The molecule has 0 radical (unpaired) electrons. The molecule has 0 fully saturated rings. The average Bonchev–Trinajstić information content (AvgIpc) is 2.85. The molecule has 0 spiro atoms. The Hall–Kier alpha value is -1.64. The van der Waals surface area contributed by atoms with Gasteiger partial charge in [-0.15, -0.1) is 23.1 Å². The number of carbonyl (C=O) groups is 2. The molecule has 0 bridgehead atoms. The zero-order chi connectivity index (χ0) is 15.2. The summed E-state index contributed by atoms with van der Waals surface area (Å²) >= 11 is 8.68. The first-order chi connectivity index (χ1) is 10.1. The van der Waals surface area contributed by atoms with Gasteiger partial charge in [-0.2, -0.15) is 0 Å². The standard InChI is InChI=1S/C12H10ClN3O3S2/c13-8-2-1-7(21-8)5-20-6-9(17)16-11-10(12(18)19)14-3-4-15-11/h1-4H,5-6H2,(H,18,19)(H,15,16,17). The highest BCUT2D eigenvalue weighted by Gasteiger charge is 2.14. The third-order valence-corrected chi connectivity index (χ3v) is 4.66. The highest BCUT2D eigenvalue weighted by Crippen LogP contribution is 2.25. The van der Waals surface area contributed by atoms with Gasteiger partial charge in [0.05, 0.1) is 10.1 Å². The Morgan fingerprint density at radius 3 is 2.76 bits per heavy atom. The summed E-state index contributed by atoms with van der Waals surface area (Å²) in [6, 6.07) is 3.71. The molecule has 0 unspecified atom stereocenters. The van der Waals surface area contributed by atoms with E-state index >= 15 is 0 Å². The Labute approximate surface area is 133 Å². The zero-order valence-corrected chi connectivity index (χ0v) is 13.0. The number of rotatable bonds is 6. The number of nitrogens with one attached hydrogen (secondary N) is 1. The lowest BCUT2D eigenvalue weighted by Crippen LogP contribution is -2.18. The van der Waals surface area contributed by atoms with Gasteiger partial charge < -0.3 is 10.4 Å². The van der Waals surface area contributed by atoms with Gasteiger partial charge in [0.25, 0.3) is 0 Å². The van der Waals surface area contributed by atoms with Gasteiger partial charge in [-0.05, 0) is 12.1 Å². The van der Waals surface area contributed by atoms with E-state index in [0.717, 1.165) is 4.88 Å². The van der Waals surface area contributed by atoms with Gasteiger partial charge in [0.1, 0.15) is 0 Å². The number of halogens is 1. The fraction of sp³-hybridized carbons (Fsp3) is 0.167. The van der Waals surface area contributed by atoms with Gasteiger partial charge >= 0.3 is 5.97 Å². The molecule has 2 heterocycles. The fourth-order valence-corrected chi connectivity index (χ4v) is 3.45. The highest BCUT2D eigenvalue weighted by atomic mass is 35.5. The van der Waals surface area contributed by atoms with Crippen LogP contribution in [0.25, 0.3) is 0 Å². The maximum Gasteiger partial charge on any atom is 0.358 e. The maximum absolute atomic E-state index is 11.8. The van der Waals surface area contributed by atoms with E-state index in [4.69, 9.17) is 16.7 Å². The number of amides is 1. The van der Waals surface area contributed by atoms with Crippen LogP contribution in [0.15, 0.2) is 24.5 Å². The second kappa shape index (κ2) is 7.39. The lowest BCUT2D eigenvalue weighted by Gasteiger charge is -2.05. The number of aromatic carboxylic acids is 1. The topological polar surface area (TPSA) is 92.2 Å². The molecule has 9 heteroatoms. The van der Waals surface area contributed by atoms with Crippen LogP contribution in [-0.4, -0.2) is 32.7 Å². The summed E-state index contributed by atoms with van der Waals surface area (Å²) < 4.78 is 0.709. The molecular formula is C12H10ClN3O3S2. The van der Waals surface area contributed by atoms with Crippen molar-refractivity contribution in [3.05, 3.63) is 39.4 Å². The summed E-state index contributed by atoms with van der Waals surface area (Å²) in [5, 5.41) is 11.4. The first-order valence-electron chi connectivity index (χ1n) is 5.72. The summed E-state index contributed by atoms with van der Waals surface area (Å²) in [6.07, 6.45) is 2.58. The van der Waals surface area contributed by atoms with Crippen molar-refractivity contribution in [3.8, 4) is 0 Å². The second-order valence-electron chi connectivity index (χ2n) is 3.81. The van der Waals surface area contributed by atoms with Crippen LogP contribution in [0.4, 0.5) is 5.82 Å². The molecule has 2 aromatic rings. The molecule has 2 N–H and O–H groups in total. The molecule has 0 aliphatic rings. The quantitative estimate of drug-likeness (QED) is 0.837. The minimum atomic E-state index is -1.24. The van der Waals surface area contributed by atoms with Crippen molar-refractivity contribution in [2.75, 3.05) is 11.1 Å². The van der Waals surface area contributed by atoms with Gasteiger partial charge in [0.15, 0.2) is 11.5 Å². The van der Waals surface area contributed by atoms with Crippen LogP contribution in [0.3, 0.4) is 0 Å². The van der Waals surface area contributed by atoms with Crippen LogP contribution in [-0.2, 0) is 10.5 Å². The van der Waals surface area contributed by atoms with Crippen LogP contribution in [0.1, 0.15) is 15.4 Å². The molecule has 0 aromatic carbocycles. The SMILES string of the molecule is O=C(CSCc1ccc(Cl)s1)Nc1nccnc1C(=O)O. The number of thioether (sulfide) groups is 1. The summed E-state index contributed by atoms with van der Waals surface area (Å²) in [5.74, 6) is -0.762. The molecule has 0 saturated carbocycles. The predicted molar refractivity (Wildman–Crippen MR) is 83.1 cm³/mol. The molecule has 0 saturated heterocycles. The number of hydrogen-bond acceptors (Lipinski definition) is 6. The number of carbonyl (C=O) groups excluding carboxylic acids is 1. The van der Waals surface area contributed by atoms with Gasteiger partial charge in [-0.3, -0.25) is 4.79 Å². The van der Waals surface area contributed by atoms with E-state index in [9.17, 15) is 9.59 Å². The Bertz CT molecular complexity index is 663. The molecule has 0 aliphatic heterocycles. The largest absolute Gasteiger partial charge is 0.476 e. The van der Waals surface area contributed by atoms with Crippen molar-refractivity contribution >= 4 is 52.4 Å². The minimum Gasteiger partial charge on any atom is -0.476 e. The van der Waals surface area contributed by atoms with E-state index in [1.165, 1.54) is 35.5 Å². The first kappa shape index (κ1) is 15.7. The van der Waals surface area contributed by atoms with Crippen molar-refractivity contribution in [1.29, 1.82) is 0 Å². The van der Waals surface area contributed by atoms with E-state index in [2.05, 4.69) is 15.3 Å². The third kappa shape index (κ3) is 4.69. The van der Waals surface area contributed by atoms with Crippen molar-refractivity contribution in [3.63, 3.8) is 0 Å². The zero-order valence-electron chi connectivity index (χ0n) is 10.6. The number of nitrogens with zero attached hydrogens (tertiary/aromatic N) is 2. The summed E-state index contributed by atoms with van der Waals surface area (Å²) in [4.78, 5) is 31.2. The molecule has 0 aliphatic carbocycles. The summed E-state index contributed by atoms with van der Waals surface area (Å²) in [7, 11) is 0. The highest BCUT2D eigenvalue weighted by molar-refractivity contribution is 7.99. The number of anilines is 1. The lowest BCUT2D eigenvalue weighted by molar-refractivity contribution is -0.113. The molecule has 2 aromatic heterocycles. The molecular weight excluding hydrogens is 334 g/mol. The van der Waals surface area contributed by atoms with E-state index < -0.39 is 5.97 Å². The van der Waals surface area contributed by atoms with Crippen LogP contribution >= 0.6 is 34.7 Å². The Morgan fingerprint density at radius 1 is 1.33 bits per heavy atom. The smallest absolute Gasteiger partial charge is 0.358 e. The minimum absolute atomic E-state index is 0.0465. The number of carboxylic acid groups (broad SMARTS) is 1. The number of hydrogen-bond donors (Lipinski definition) is 2. The molecule has 6 nitrogen and oxygen atoms in total. The van der Waals surface area contributed by atoms with E-state index in [-0.39, 0.29) is 23.2 Å². The van der Waals surface area contributed by atoms with E-state index in [1.807, 2.05) is 6.07 Å². The van der Waals surface area contributed by atoms with Crippen LogP contribution < -0.4 is 5.32 Å². The number of thiophene rings is 1. The molecule has 21 heavy (non-hydrogen) atoms. The predicted octanol–water partition coefficient (Wildman–Crippen LogP) is 2.76. The van der Waals surface area contributed by atoms with Crippen LogP contribution in [0.2, 0.25) is 4.34 Å². The Balaban J connectivity index is 1.86. The van der Waals surface area contributed by atoms with Crippen LogP contribution in [0.5, 0.6) is 0 Å². The third-order valence-electron chi connectivity index (χ3n) is 2.26. The summed E-state index contributed by atoms with van der Waals surface area (Å²) in [5.41, 5.74) is -0.277. The first-order valence-corrected chi connectivity index (χ1v) is 8.07.